The maximum Gasteiger partial charge on any atom is 0.247 e. The zero-order chi connectivity index (χ0) is 13.0. The van der Waals surface area contributed by atoms with Gasteiger partial charge in [-0.2, -0.15) is 0 Å². The topological polar surface area (TPSA) is 84.7 Å². The number of hydrogen-bond acceptors (Lipinski definition) is 6. The van der Waals surface area contributed by atoms with Gasteiger partial charge in [0.15, 0.2) is 5.13 Å². The third kappa shape index (κ3) is 3.34. The first kappa shape index (κ1) is 12.7. The first-order valence-electron chi connectivity index (χ1n) is 5.43. The van der Waals surface area contributed by atoms with Crippen molar-refractivity contribution >= 4 is 22.4 Å². The molecule has 0 fully saturated rings. The van der Waals surface area contributed by atoms with Gasteiger partial charge in [-0.05, 0) is 14.0 Å². The second kappa shape index (κ2) is 5.69. The van der Waals surface area contributed by atoms with E-state index in [2.05, 4.69) is 25.9 Å². The summed E-state index contributed by atoms with van der Waals surface area (Å²) in [5.41, 5.74) is 1.70. The van der Waals surface area contributed by atoms with Gasteiger partial charge in [-0.3, -0.25) is 4.79 Å². The molecule has 0 spiro atoms. The molecule has 2 N–H and O–H groups in total. The highest BCUT2D eigenvalue weighted by Crippen LogP contribution is 2.14. The molecule has 0 radical (unpaired) electrons. The van der Waals surface area contributed by atoms with Crippen molar-refractivity contribution in [1.82, 2.24) is 25.3 Å². The number of rotatable bonds is 5. The molecule has 96 valence electrons. The second-order valence-electron chi connectivity index (χ2n) is 3.78. The number of anilines is 1. The van der Waals surface area contributed by atoms with Gasteiger partial charge in [0.2, 0.25) is 5.91 Å². The predicted molar refractivity (Wildman–Crippen MR) is 68.3 cm³/mol. The number of carbonyl (C=O) groups is 1. The molecule has 2 heterocycles. The Morgan fingerprint density at radius 3 is 3.06 bits per heavy atom. The lowest BCUT2D eigenvalue weighted by Gasteiger charge is -2.00. The lowest BCUT2D eigenvalue weighted by molar-refractivity contribution is -0.116. The molecule has 0 unspecified atom stereocenters. The first-order chi connectivity index (χ1) is 8.67. The van der Waals surface area contributed by atoms with E-state index >= 15 is 0 Å². The third-order valence-electron chi connectivity index (χ3n) is 2.11. The van der Waals surface area contributed by atoms with Crippen LogP contribution < -0.4 is 10.6 Å². The fourth-order valence-electron chi connectivity index (χ4n) is 1.40. The third-order valence-corrected chi connectivity index (χ3v) is 2.99. The Labute approximate surface area is 108 Å². The van der Waals surface area contributed by atoms with Gasteiger partial charge in [-0.25, -0.2) is 9.67 Å². The normalized spacial score (nSPS) is 10.6. The van der Waals surface area contributed by atoms with Crippen LogP contribution in [0.15, 0.2) is 11.6 Å². The van der Waals surface area contributed by atoms with Crippen molar-refractivity contribution in [2.24, 2.45) is 0 Å². The van der Waals surface area contributed by atoms with Crippen LogP contribution >= 0.6 is 11.3 Å². The summed E-state index contributed by atoms with van der Waals surface area (Å²) in [5, 5.41) is 16.0. The lowest BCUT2D eigenvalue weighted by atomic mass is 10.5. The van der Waals surface area contributed by atoms with E-state index < -0.39 is 0 Å². The molecule has 0 saturated heterocycles. The molecular formula is C10H14N6OS. The van der Waals surface area contributed by atoms with Crippen LogP contribution in [0.25, 0.3) is 0 Å². The minimum Gasteiger partial charge on any atom is -0.314 e. The van der Waals surface area contributed by atoms with Gasteiger partial charge in [0.25, 0.3) is 0 Å². The van der Waals surface area contributed by atoms with Gasteiger partial charge in [-0.15, -0.1) is 16.4 Å². The molecule has 18 heavy (non-hydrogen) atoms. The van der Waals surface area contributed by atoms with E-state index in [0.29, 0.717) is 11.7 Å². The van der Waals surface area contributed by atoms with Crippen molar-refractivity contribution in [3.05, 3.63) is 23.0 Å². The van der Waals surface area contributed by atoms with Crippen LogP contribution in [0.1, 0.15) is 11.4 Å². The molecule has 1 amide bonds. The van der Waals surface area contributed by atoms with Crippen LogP contribution in [0.2, 0.25) is 0 Å². The number of hydrogen-bond donors (Lipinski definition) is 2. The molecule has 0 aliphatic carbocycles. The Bertz CT molecular complexity index is 534. The minimum atomic E-state index is -0.162. The van der Waals surface area contributed by atoms with Crippen molar-refractivity contribution in [3.8, 4) is 0 Å². The molecule has 0 atom stereocenters. The van der Waals surface area contributed by atoms with E-state index in [1.807, 2.05) is 19.4 Å². The van der Waals surface area contributed by atoms with Gasteiger partial charge in [-0.1, -0.05) is 5.21 Å². The van der Waals surface area contributed by atoms with E-state index in [1.54, 1.807) is 6.20 Å². The highest BCUT2D eigenvalue weighted by atomic mass is 32.1. The summed E-state index contributed by atoms with van der Waals surface area (Å²) >= 11 is 1.40. The van der Waals surface area contributed by atoms with Crippen LogP contribution in [0, 0.1) is 6.92 Å². The van der Waals surface area contributed by atoms with Crippen molar-refractivity contribution < 1.29 is 4.79 Å². The van der Waals surface area contributed by atoms with Crippen LogP contribution in [0.3, 0.4) is 0 Å². The summed E-state index contributed by atoms with van der Waals surface area (Å²) in [6.07, 6.45) is 1.74. The standard InChI is InChI=1S/C10H14N6OS/c1-7-6-18-10(12-7)13-9(17)5-16-4-8(3-11-2)14-15-16/h4,6,11H,3,5H2,1-2H3,(H,12,13,17). The molecule has 0 saturated carbocycles. The molecule has 2 rings (SSSR count). The van der Waals surface area contributed by atoms with Crippen LogP contribution in [-0.2, 0) is 17.9 Å². The van der Waals surface area contributed by atoms with E-state index in [-0.39, 0.29) is 12.5 Å². The number of nitrogens with one attached hydrogen (secondary N) is 2. The SMILES string of the molecule is CNCc1cn(CC(=O)Nc2nc(C)cs2)nn1. The Kier molecular flexibility index (Phi) is 4.00. The predicted octanol–water partition coefficient (Wildman–Crippen LogP) is 0.401. The summed E-state index contributed by atoms with van der Waals surface area (Å²) in [4.78, 5) is 15.9. The van der Waals surface area contributed by atoms with Crippen LogP contribution in [0.5, 0.6) is 0 Å². The molecule has 0 aliphatic heterocycles. The van der Waals surface area contributed by atoms with Gasteiger partial charge >= 0.3 is 0 Å². The Hall–Kier alpha value is -1.80. The maximum atomic E-state index is 11.7. The van der Waals surface area contributed by atoms with E-state index in [4.69, 9.17) is 0 Å². The molecule has 8 heteroatoms. The number of aryl methyl sites for hydroxylation is 1. The van der Waals surface area contributed by atoms with E-state index in [9.17, 15) is 4.79 Å². The van der Waals surface area contributed by atoms with E-state index in [1.165, 1.54) is 16.0 Å². The number of aromatic nitrogens is 4. The maximum absolute atomic E-state index is 11.7. The average molecular weight is 266 g/mol. The highest BCUT2D eigenvalue weighted by molar-refractivity contribution is 7.13. The number of amides is 1. The highest BCUT2D eigenvalue weighted by Gasteiger charge is 2.08. The summed E-state index contributed by atoms with van der Waals surface area (Å²) in [6.45, 7) is 2.65. The monoisotopic (exact) mass is 266 g/mol. The number of thiazole rings is 1. The molecule has 2 aromatic rings. The molecule has 2 aromatic heterocycles. The van der Waals surface area contributed by atoms with Crippen LogP contribution in [0.4, 0.5) is 5.13 Å². The Morgan fingerprint density at radius 1 is 1.56 bits per heavy atom. The fourth-order valence-corrected chi connectivity index (χ4v) is 2.10. The zero-order valence-electron chi connectivity index (χ0n) is 10.2. The number of nitrogens with zero attached hydrogens (tertiary/aromatic N) is 4. The Balaban J connectivity index is 1.90. The quantitative estimate of drug-likeness (QED) is 0.818. The van der Waals surface area contributed by atoms with Gasteiger partial charge in [0, 0.05) is 11.9 Å². The number of carbonyl (C=O) groups excluding carboxylic acids is 1. The van der Waals surface area contributed by atoms with E-state index in [0.717, 1.165) is 11.4 Å². The summed E-state index contributed by atoms with van der Waals surface area (Å²) in [5.74, 6) is -0.162. The minimum absolute atomic E-state index is 0.134. The van der Waals surface area contributed by atoms with Crippen LogP contribution in [-0.4, -0.2) is 32.9 Å². The van der Waals surface area contributed by atoms with Crippen molar-refractivity contribution in [2.75, 3.05) is 12.4 Å². The molecular weight excluding hydrogens is 252 g/mol. The zero-order valence-corrected chi connectivity index (χ0v) is 11.0. The van der Waals surface area contributed by atoms with Gasteiger partial charge < -0.3 is 10.6 Å². The largest absolute Gasteiger partial charge is 0.314 e. The van der Waals surface area contributed by atoms with Gasteiger partial charge in [0.1, 0.15) is 6.54 Å². The average Bonchev–Trinajstić information content (AvgIpc) is 2.89. The molecule has 0 aromatic carbocycles. The Morgan fingerprint density at radius 2 is 2.39 bits per heavy atom. The lowest BCUT2D eigenvalue weighted by Crippen LogP contribution is -2.19. The smallest absolute Gasteiger partial charge is 0.247 e. The summed E-state index contributed by atoms with van der Waals surface area (Å²) in [7, 11) is 1.83. The molecule has 0 aliphatic rings. The molecule has 7 nitrogen and oxygen atoms in total. The summed E-state index contributed by atoms with van der Waals surface area (Å²) < 4.78 is 1.50. The summed E-state index contributed by atoms with van der Waals surface area (Å²) in [6, 6.07) is 0. The molecule has 0 bridgehead atoms. The van der Waals surface area contributed by atoms with Gasteiger partial charge in [0.05, 0.1) is 17.6 Å². The first-order valence-corrected chi connectivity index (χ1v) is 6.31. The second-order valence-corrected chi connectivity index (χ2v) is 4.64. The fraction of sp³-hybridized carbons (Fsp3) is 0.400. The van der Waals surface area contributed by atoms with Crippen molar-refractivity contribution in [2.45, 2.75) is 20.0 Å². The van der Waals surface area contributed by atoms with Crippen molar-refractivity contribution in [1.29, 1.82) is 0 Å². The van der Waals surface area contributed by atoms with Crippen molar-refractivity contribution in [3.63, 3.8) is 0 Å².